The molecule has 1 unspecified atom stereocenters. The van der Waals surface area contributed by atoms with Crippen LogP contribution in [0.3, 0.4) is 0 Å². The number of piperazine rings is 1. The number of nitrogens with one attached hydrogen (secondary N) is 4. The van der Waals surface area contributed by atoms with Crippen molar-refractivity contribution in [1.82, 2.24) is 39.4 Å². The number of H-pyrrole nitrogens is 1. The van der Waals surface area contributed by atoms with Crippen LogP contribution < -0.4 is 20.3 Å². The zero-order valence-corrected chi connectivity index (χ0v) is 36.5. The number of aromatic nitrogens is 4. The fourth-order valence-electron chi connectivity index (χ4n) is 8.46. The van der Waals surface area contributed by atoms with Crippen molar-refractivity contribution in [2.24, 2.45) is 0 Å². The van der Waals surface area contributed by atoms with Gasteiger partial charge in [0.2, 0.25) is 29.5 Å². The molecule has 5 aromatic rings. The minimum absolute atomic E-state index is 0.0509. The number of hydrogen-bond donors (Lipinski definition) is 4. The predicted octanol–water partition coefficient (Wildman–Crippen LogP) is 4.19. The molecule has 0 saturated carbocycles. The Hall–Kier alpha value is -6.38. The summed E-state index contributed by atoms with van der Waals surface area (Å²) in [6, 6.07) is 9.45. The number of amides is 3. The van der Waals surface area contributed by atoms with E-state index < -0.39 is 44.9 Å². The van der Waals surface area contributed by atoms with Gasteiger partial charge >= 0.3 is 10.2 Å². The summed E-state index contributed by atoms with van der Waals surface area (Å²) in [7, 11) is -2.86. The lowest BCUT2D eigenvalue weighted by molar-refractivity contribution is -0.134. The molecule has 20 heteroatoms. The molecule has 6 heterocycles. The van der Waals surface area contributed by atoms with E-state index in [9.17, 15) is 27.6 Å². The van der Waals surface area contributed by atoms with Gasteiger partial charge in [0.25, 0.3) is 0 Å². The summed E-state index contributed by atoms with van der Waals surface area (Å²) in [5.74, 6) is -3.08. The third kappa shape index (κ3) is 9.16. The molecule has 4 N–H and O–H groups in total. The Bertz CT molecular complexity index is 2700. The third-order valence-corrected chi connectivity index (χ3v) is 13.9. The van der Waals surface area contributed by atoms with Gasteiger partial charge in [0.05, 0.1) is 23.4 Å². The Morgan fingerprint density at radius 1 is 0.922 bits per heavy atom. The molecule has 1 atom stereocenters. The quantitative estimate of drug-likeness (QED) is 0.0971. The van der Waals surface area contributed by atoms with Crippen molar-refractivity contribution in [1.29, 1.82) is 0 Å². The molecule has 336 valence electrons. The van der Waals surface area contributed by atoms with Gasteiger partial charge in [0.15, 0.2) is 5.82 Å². The number of likely N-dealkylation sites (tertiary alicyclic amines) is 1. The first kappa shape index (κ1) is 44.2. The smallest absolute Gasteiger partial charge is 0.301 e. The summed E-state index contributed by atoms with van der Waals surface area (Å²) in [5.41, 5.74) is 2.61. The first-order valence-electron chi connectivity index (χ1n) is 21.2. The van der Waals surface area contributed by atoms with Crippen LogP contribution >= 0.6 is 0 Å². The van der Waals surface area contributed by atoms with E-state index in [0.29, 0.717) is 85.2 Å². The Labute approximate surface area is 368 Å². The maximum atomic E-state index is 15.7. The Kier molecular flexibility index (Phi) is 12.7. The number of carbonyl (C=O) groups is 4. The van der Waals surface area contributed by atoms with Crippen LogP contribution in [-0.2, 0) is 24.6 Å². The molecular weight excluding hydrogens is 849 g/mol. The van der Waals surface area contributed by atoms with Crippen LogP contribution in [0.25, 0.3) is 22.2 Å². The predicted molar refractivity (Wildman–Crippen MR) is 236 cm³/mol. The molecule has 8 rings (SSSR count). The second-order valence-electron chi connectivity index (χ2n) is 16.3. The molecule has 0 aliphatic carbocycles. The SMILES string of the molecule is CCN(C)S(=O)(=O)Nc1ccc(F)c(C(=O)c2c[nH]c3ncc(-c4cnc(N5CCN(C(=O)CN6CCC(c7ccc(NC8CCC(=O)NC8=O)cc7)CC6)CC5)nc4)c(C)c23)c1F. The highest BCUT2D eigenvalue weighted by Crippen LogP contribution is 2.34. The van der Waals surface area contributed by atoms with Gasteiger partial charge in [0.1, 0.15) is 17.5 Å². The van der Waals surface area contributed by atoms with Crippen LogP contribution in [0.2, 0.25) is 0 Å². The van der Waals surface area contributed by atoms with E-state index in [1.807, 2.05) is 21.9 Å². The van der Waals surface area contributed by atoms with Crippen LogP contribution in [0.15, 0.2) is 61.2 Å². The zero-order chi connectivity index (χ0) is 45.3. The van der Waals surface area contributed by atoms with Crippen LogP contribution in [0.1, 0.15) is 65.6 Å². The normalized spacial score (nSPS) is 17.8. The van der Waals surface area contributed by atoms with E-state index in [0.717, 1.165) is 48.1 Å². The molecular formula is C44H49F2N11O6S. The first-order valence-corrected chi connectivity index (χ1v) is 22.7. The van der Waals surface area contributed by atoms with E-state index in [-0.39, 0.29) is 29.8 Å². The van der Waals surface area contributed by atoms with Crippen molar-refractivity contribution in [3.8, 4) is 11.1 Å². The highest BCUT2D eigenvalue weighted by atomic mass is 32.2. The number of halogens is 2. The largest absolute Gasteiger partial charge is 0.374 e. The molecule has 64 heavy (non-hydrogen) atoms. The van der Waals surface area contributed by atoms with Crippen molar-refractivity contribution < 1.29 is 36.4 Å². The molecule has 3 aromatic heterocycles. The number of piperidine rings is 2. The van der Waals surface area contributed by atoms with E-state index in [2.05, 4.69) is 52.3 Å². The lowest BCUT2D eigenvalue weighted by Gasteiger charge is -2.37. The van der Waals surface area contributed by atoms with Gasteiger partial charge in [0, 0.05) is 93.2 Å². The fourth-order valence-corrected chi connectivity index (χ4v) is 9.40. The highest BCUT2D eigenvalue weighted by Gasteiger charge is 2.30. The maximum Gasteiger partial charge on any atom is 0.301 e. The number of benzene rings is 2. The number of pyridine rings is 1. The number of ketones is 1. The summed E-state index contributed by atoms with van der Waals surface area (Å²) in [6.07, 6.45) is 8.85. The second kappa shape index (κ2) is 18.4. The Balaban J connectivity index is 0.850. The third-order valence-electron chi connectivity index (χ3n) is 12.4. The molecule has 0 radical (unpaired) electrons. The lowest BCUT2D eigenvalue weighted by Crippen LogP contribution is -2.52. The number of aryl methyl sites for hydroxylation is 1. The van der Waals surface area contributed by atoms with Crippen molar-refractivity contribution >= 4 is 62.1 Å². The van der Waals surface area contributed by atoms with E-state index >= 15 is 8.78 Å². The van der Waals surface area contributed by atoms with Crippen molar-refractivity contribution in [2.75, 3.05) is 74.3 Å². The van der Waals surface area contributed by atoms with E-state index in [4.69, 9.17) is 0 Å². The highest BCUT2D eigenvalue weighted by molar-refractivity contribution is 7.90. The molecule has 3 saturated heterocycles. The maximum absolute atomic E-state index is 15.7. The number of aromatic amines is 1. The summed E-state index contributed by atoms with van der Waals surface area (Å²) in [6.45, 7) is 7.56. The number of imide groups is 1. The number of fused-ring (bicyclic) bond motifs is 1. The van der Waals surface area contributed by atoms with E-state index in [1.165, 1.54) is 18.8 Å². The van der Waals surface area contributed by atoms with Gasteiger partial charge in [-0.15, -0.1) is 0 Å². The monoisotopic (exact) mass is 897 g/mol. The van der Waals surface area contributed by atoms with Crippen LogP contribution in [-0.4, -0.2) is 131 Å². The summed E-state index contributed by atoms with van der Waals surface area (Å²) < 4.78 is 59.0. The molecule has 3 fully saturated rings. The fraction of sp³-hybridized carbons (Fsp3) is 0.386. The summed E-state index contributed by atoms with van der Waals surface area (Å²) in [4.78, 5) is 73.4. The number of nitrogens with zero attached hydrogens (tertiary/aromatic N) is 7. The number of carbonyl (C=O) groups excluding carboxylic acids is 4. The van der Waals surface area contributed by atoms with E-state index in [1.54, 1.807) is 32.4 Å². The first-order chi connectivity index (χ1) is 30.7. The standard InChI is InChI=1S/C44H49F2N11O6S/c1-4-54(3)64(62,63)53-34-10-9-33(45)39(40(34)46)41(60)32-24-48-42-38(32)26(2)31(23-47-42)29-21-49-44(50-22-29)57-19-17-56(18-20-57)37(59)25-55-15-13-28(14-16-55)27-5-7-30(8-6-27)51-35-11-12-36(58)52-43(35)61/h5-10,21-24,28,35,51,53H,4,11-20,25H2,1-3H3,(H,47,48)(H,52,58,61). The molecule has 17 nitrogen and oxygen atoms in total. The Morgan fingerprint density at radius 2 is 1.62 bits per heavy atom. The summed E-state index contributed by atoms with van der Waals surface area (Å²) >= 11 is 0. The molecule has 0 bridgehead atoms. The average molecular weight is 898 g/mol. The van der Waals surface area contributed by atoms with Crippen LogP contribution in [0.5, 0.6) is 0 Å². The number of anilines is 3. The van der Waals surface area contributed by atoms with Gasteiger partial charge in [-0.3, -0.25) is 34.1 Å². The second-order valence-corrected chi connectivity index (χ2v) is 18.1. The number of rotatable bonds is 13. The van der Waals surface area contributed by atoms with Gasteiger partial charge in [-0.2, -0.15) is 12.7 Å². The number of hydrogen-bond acceptors (Lipinski definition) is 12. The topological polar surface area (TPSA) is 206 Å². The van der Waals surface area contributed by atoms with Gasteiger partial charge < -0.3 is 20.1 Å². The van der Waals surface area contributed by atoms with Gasteiger partial charge in [-0.05, 0) is 80.6 Å². The Morgan fingerprint density at radius 3 is 2.30 bits per heavy atom. The van der Waals surface area contributed by atoms with Gasteiger partial charge in [-0.1, -0.05) is 19.1 Å². The van der Waals surface area contributed by atoms with Crippen LogP contribution in [0, 0.1) is 18.6 Å². The minimum atomic E-state index is -4.16. The van der Waals surface area contributed by atoms with Gasteiger partial charge in [-0.25, -0.2) is 23.7 Å². The lowest BCUT2D eigenvalue weighted by atomic mass is 9.89. The molecule has 0 spiro atoms. The van der Waals surface area contributed by atoms with Crippen LogP contribution in [0.4, 0.5) is 26.1 Å². The molecule has 2 aromatic carbocycles. The van der Waals surface area contributed by atoms with Crippen molar-refractivity contribution in [3.05, 3.63) is 95.1 Å². The molecule has 3 aliphatic heterocycles. The molecule has 3 amide bonds. The van der Waals surface area contributed by atoms with Crippen molar-refractivity contribution in [3.63, 3.8) is 0 Å². The average Bonchev–Trinajstić information content (AvgIpc) is 3.74. The molecule has 3 aliphatic rings. The zero-order valence-electron chi connectivity index (χ0n) is 35.7. The van der Waals surface area contributed by atoms with Crippen molar-refractivity contribution in [2.45, 2.75) is 51.5 Å². The summed E-state index contributed by atoms with van der Waals surface area (Å²) in [5, 5.41) is 5.93. The minimum Gasteiger partial charge on any atom is -0.374 e.